The fraction of sp³-hybridized carbons (Fsp3) is 0.273. The summed E-state index contributed by atoms with van der Waals surface area (Å²) in [5, 5.41) is 26.4. The Hall–Kier alpha value is -1.92. The Balaban J connectivity index is 2.78. The molecule has 0 heterocycles. The van der Waals surface area contributed by atoms with Gasteiger partial charge in [0.2, 0.25) is 0 Å². The van der Waals surface area contributed by atoms with Crippen LogP contribution in [0.15, 0.2) is 24.3 Å². The second kappa shape index (κ2) is 5.97. The molecule has 6 nitrogen and oxygen atoms in total. The Morgan fingerprint density at radius 2 is 1.82 bits per heavy atom. The van der Waals surface area contributed by atoms with E-state index in [-0.39, 0.29) is 17.7 Å². The maximum Gasteiger partial charge on any atom is 0.339 e. The number of carbonyl (C=O) groups excluding carboxylic acids is 1. The first-order valence-electron chi connectivity index (χ1n) is 4.84. The average Bonchev–Trinajstić information content (AvgIpc) is 2.35. The van der Waals surface area contributed by atoms with E-state index in [0.29, 0.717) is 0 Å². The molecule has 1 atom stereocenters. The fourth-order valence-corrected chi connectivity index (χ4v) is 1.15. The lowest BCUT2D eigenvalue weighted by Crippen LogP contribution is -2.22. The fourth-order valence-electron chi connectivity index (χ4n) is 1.15. The van der Waals surface area contributed by atoms with E-state index in [1.54, 1.807) is 0 Å². The molecule has 0 saturated carbocycles. The number of carboxylic acid groups (broad SMARTS) is 1. The van der Waals surface area contributed by atoms with E-state index < -0.39 is 24.6 Å². The molecule has 0 spiro atoms. The topological polar surface area (TPSA) is 104 Å². The van der Waals surface area contributed by atoms with Crippen molar-refractivity contribution in [3.63, 3.8) is 0 Å². The van der Waals surface area contributed by atoms with Crippen molar-refractivity contribution >= 4 is 11.9 Å². The summed E-state index contributed by atoms with van der Waals surface area (Å²) in [5.41, 5.74) is -0.263. The van der Waals surface area contributed by atoms with Gasteiger partial charge in [-0.25, -0.2) is 9.59 Å². The smallest absolute Gasteiger partial charge is 0.339 e. The number of aromatic carboxylic acids is 1. The quantitative estimate of drug-likeness (QED) is 0.620. The lowest BCUT2D eigenvalue weighted by Gasteiger charge is -2.09. The SMILES string of the molecule is O=C(O)c1ccccc1C(=O)OC[C@@H](O)CO. The Labute approximate surface area is 97.1 Å². The molecule has 0 saturated heterocycles. The number of hydrogen-bond donors (Lipinski definition) is 3. The van der Waals surface area contributed by atoms with Crippen LogP contribution < -0.4 is 0 Å². The molecule has 0 unspecified atom stereocenters. The van der Waals surface area contributed by atoms with E-state index in [1.807, 2.05) is 0 Å². The molecule has 0 bridgehead atoms. The van der Waals surface area contributed by atoms with Crippen molar-refractivity contribution in [3.8, 4) is 0 Å². The molecular weight excluding hydrogens is 228 g/mol. The lowest BCUT2D eigenvalue weighted by molar-refractivity contribution is 0.00912. The third kappa shape index (κ3) is 3.54. The Kier molecular flexibility index (Phi) is 4.62. The Morgan fingerprint density at radius 3 is 2.35 bits per heavy atom. The third-order valence-electron chi connectivity index (χ3n) is 1.99. The number of ether oxygens (including phenoxy) is 1. The maximum absolute atomic E-state index is 11.5. The van der Waals surface area contributed by atoms with E-state index in [1.165, 1.54) is 24.3 Å². The zero-order chi connectivity index (χ0) is 12.8. The number of esters is 1. The van der Waals surface area contributed by atoms with Crippen molar-refractivity contribution in [1.29, 1.82) is 0 Å². The molecule has 0 amide bonds. The van der Waals surface area contributed by atoms with Crippen molar-refractivity contribution in [1.82, 2.24) is 0 Å². The zero-order valence-corrected chi connectivity index (χ0v) is 8.87. The Morgan fingerprint density at radius 1 is 1.24 bits per heavy atom. The predicted molar refractivity (Wildman–Crippen MR) is 56.8 cm³/mol. The molecule has 0 fully saturated rings. The highest BCUT2D eigenvalue weighted by atomic mass is 16.5. The van der Waals surface area contributed by atoms with Gasteiger partial charge in [-0.2, -0.15) is 0 Å². The van der Waals surface area contributed by atoms with E-state index in [9.17, 15) is 9.59 Å². The van der Waals surface area contributed by atoms with Gasteiger partial charge in [-0.1, -0.05) is 12.1 Å². The number of hydrogen-bond acceptors (Lipinski definition) is 5. The van der Waals surface area contributed by atoms with Gasteiger partial charge in [0.15, 0.2) is 0 Å². The summed E-state index contributed by atoms with van der Waals surface area (Å²) >= 11 is 0. The first kappa shape index (κ1) is 13.1. The second-order valence-corrected chi connectivity index (χ2v) is 3.29. The van der Waals surface area contributed by atoms with Gasteiger partial charge in [-0.15, -0.1) is 0 Å². The van der Waals surface area contributed by atoms with Crippen LogP contribution in [0.5, 0.6) is 0 Å². The number of aliphatic hydroxyl groups excluding tert-OH is 2. The summed E-state index contributed by atoms with van der Waals surface area (Å²) in [7, 11) is 0. The highest BCUT2D eigenvalue weighted by molar-refractivity contribution is 6.02. The number of carbonyl (C=O) groups is 2. The van der Waals surface area contributed by atoms with Gasteiger partial charge in [0, 0.05) is 0 Å². The van der Waals surface area contributed by atoms with Crippen molar-refractivity contribution in [3.05, 3.63) is 35.4 Å². The number of aliphatic hydroxyl groups is 2. The summed E-state index contributed by atoms with van der Waals surface area (Å²) in [6, 6.07) is 5.59. The van der Waals surface area contributed by atoms with Gasteiger partial charge in [0.1, 0.15) is 12.7 Å². The van der Waals surface area contributed by atoms with Crippen LogP contribution >= 0.6 is 0 Å². The minimum absolute atomic E-state index is 0.0925. The molecule has 1 rings (SSSR count). The first-order valence-corrected chi connectivity index (χ1v) is 4.84. The summed E-state index contributed by atoms with van der Waals surface area (Å²) in [6.45, 7) is -0.919. The van der Waals surface area contributed by atoms with Crippen molar-refractivity contribution in [2.24, 2.45) is 0 Å². The summed E-state index contributed by atoms with van der Waals surface area (Å²) < 4.78 is 4.66. The van der Waals surface area contributed by atoms with Gasteiger partial charge in [-0.05, 0) is 12.1 Å². The molecule has 6 heteroatoms. The number of benzene rings is 1. The van der Waals surface area contributed by atoms with Crippen LogP contribution in [0, 0.1) is 0 Å². The van der Waals surface area contributed by atoms with E-state index in [2.05, 4.69) is 4.74 Å². The van der Waals surface area contributed by atoms with Crippen LogP contribution in [0.3, 0.4) is 0 Å². The number of rotatable bonds is 5. The third-order valence-corrected chi connectivity index (χ3v) is 1.99. The first-order chi connectivity index (χ1) is 8.06. The molecule has 0 aliphatic carbocycles. The van der Waals surface area contributed by atoms with E-state index in [0.717, 1.165) is 0 Å². The lowest BCUT2D eigenvalue weighted by atomic mass is 10.1. The zero-order valence-electron chi connectivity index (χ0n) is 8.87. The highest BCUT2D eigenvalue weighted by Crippen LogP contribution is 2.10. The predicted octanol–water partition coefficient (Wildman–Crippen LogP) is -0.105. The van der Waals surface area contributed by atoms with Gasteiger partial charge in [-0.3, -0.25) is 0 Å². The monoisotopic (exact) mass is 240 g/mol. The standard InChI is InChI=1S/C11H12O6/c12-5-7(13)6-17-11(16)9-4-2-1-3-8(9)10(14)15/h1-4,7,12-13H,5-6H2,(H,14,15)/t7-/m0/s1. The molecule has 17 heavy (non-hydrogen) atoms. The van der Waals surface area contributed by atoms with Crippen molar-refractivity contribution < 1.29 is 29.6 Å². The van der Waals surface area contributed by atoms with Crippen molar-refractivity contribution in [2.45, 2.75) is 6.10 Å². The molecule has 1 aromatic rings. The molecule has 0 aromatic heterocycles. The molecule has 0 aliphatic rings. The Bertz CT molecular complexity index is 414. The van der Waals surface area contributed by atoms with Gasteiger partial charge in [0.25, 0.3) is 0 Å². The summed E-state index contributed by atoms with van der Waals surface area (Å²) in [4.78, 5) is 22.3. The van der Waals surface area contributed by atoms with Crippen LogP contribution in [0.1, 0.15) is 20.7 Å². The summed E-state index contributed by atoms with van der Waals surface area (Å²) in [6.07, 6.45) is -1.17. The van der Waals surface area contributed by atoms with Gasteiger partial charge in [0.05, 0.1) is 17.7 Å². The normalized spacial score (nSPS) is 11.9. The molecule has 0 radical (unpaired) electrons. The van der Waals surface area contributed by atoms with Crippen LogP contribution in [-0.4, -0.2) is 46.6 Å². The molecule has 1 aromatic carbocycles. The van der Waals surface area contributed by atoms with Crippen LogP contribution in [0.25, 0.3) is 0 Å². The minimum Gasteiger partial charge on any atom is -0.478 e. The molecule has 3 N–H and O–H groups in total. The van der Waals surface area contributed by atoms with Crippen LogP contribution in [0.4, 0.5) is 0 Å². The maximum atomic E-state index is 11.5. The number of carboxylic acids is 1. The molecular formula is C11H12O6. The summed E-state index contributed by atoms with van der Waals surface area (Å²) in [5.74, 6) is -2.09. The van der Waals surface area contributed by atoms with E-state index >= 15 is 0 Å². The van der Waals surface area contributed by atoms with Crippen LogP contribution in [0.2, 0.25) is 0 Å². The van der Waals surface area contributed by atoms with Gasteiger partial charge < -0.3 is 20.1 Å². The molecule has 0 aliphatic heterocycles. The molecule has 92 valence electrons. The van der Waals surface area contributed by atoms with Crippen LogP contribution in [-0.2, 0) is 4.74 Å². The minimum atomic E-state index is -1.24. The highest BCUT2D eigenvalue weighted by Gasteiger charge is 2.17. The van der Waals surface area contributed by atoms with E-state index in [4.69, 9.17) is 15.3 Å². The largest absolute Gasteiger partial charge is 0.478 e. The average molecular weight is 240 g/mol. The van der Waals surface area contributed by atoms with Gasteiger partial charge >= 0.3 is 11.9 Å². The second-order valence-electron chi connectivity index (χ2n) is 3.29. The van der Waals surface area contributed by atoms with Crippen molar-refractivity contribution in [2.75, 3.05) is 13.2 Å².